The van der Waals surface area contributed by atoms with Crippen LogP contribution in [0.15, 0.2) is 53.4 Å². The molecule has 1 unspecified atom stereocenters. The van der Waals surface area contributed by atoms with Crippen molar-refractivity contribution in [3.63, 3.8) is 0 Å². The van der Waals surface area contributed by atoms with Crippen molar-refractivity contribution >= 4 is 34.5 Å². The van der Waals surface area contributed by atoms with E-state index in [-0.39, 0.29) is 17.0 Å². The van der Waals surface area contributed by atoms with Gasteiger partial charge in [0.1, 0.15) is 17.6 Å². The Bertz CT molecular complexity index is 1360. The summed E-state index contributed by atoms with van der Waals surface area (Å²) in [7, 11) is 1.52. The number of amides is 1. The molecule has 35 heavy (non-hydrogen) atoms. The third-order valence-electron chi connectivity index (χ3n) is 6.06. The van der Waals surface area contributed by atoms with Crippen LogP contribution in [0, 0.1) is 20.8 Å². The van der Waals surface area contributed by atoms with Crippen LogP contribution in [0.3, 0.4) is 0 Å². The van der Waals surface area contributed by atoms with Gasteiger partial charge in [0.05, 0.1) is 18.2 Å². The highest BCUT2D eigenvalue weighted by Crippen LogP contribution is 2.45. The number of aryl methyl sites for hydroxylation is 3. The molecule has 0 aliphatic carbocycles. The monoisotopic (exact) mass is 501 g/mol. The van der Waals surface area contributed by atoms with Crippen molar-refractivity contribution in [1.29, 1.82) is 0 Å². The first-order valence-corrected chi connectivity index (χ1v) is 11.5. The van der Waals surface area contributed by atoms with E-state index in [0.717, 1.165) is 40.3 Å². The standard InChI is InChI=1S/C26H22F3NO4S/c1-13-9-10-35-24(13)21-20(22(31)18-11-15(3)19(34-4)12-14(18)2)23(32)25(33)30(21)17-7-5-16(6-8-17)26(27,28)29/h5-12,21,31H,1-4H3/b22-20+. The number of rotatable bonds is 4. The highest BCUT2D eigenvalue weighted by atomic mass is 32.1. The average Bonchev–Trinajstić information content (AvgIpc) is 3.34. The number of hydrogen-bond donors (Lipinski definition) is 1. The Hall–Kier alpha value is -3.59. The summed E-state index contributed by atoms with van der Waals surface area (Å²) in [4.78, 5) is 28.2. The van der Waals surface area contributed by atoms with Gasteiger partial charge < -0.3 is 9.84 Å². The molecule has 182 valence electrons. The van der Waals surface area contributed by atoms with E-state index < -0.39 is 29.5 Å². The molecule has 1 N–H and O–H groups in total. The summed E-state index contributed by atoms with van der Waals surface area (Å²) in [6.45, 7) is 5.34. The molecular weight excluding hydrogens is 479 g/mol. The highest BCUT2D eigenvalue weighted by molar-refractivity contribution is 7.10. The number of aliphatic hydroxyl groups is 1. The molecule has 1 atom stereocenters. The Morgan fingerprint density at radius 3 is 2.20 bits per heavy atom. The summed E-state index contributed by atoms with van der Waals surface area (Å²) in [5.74, 6) is -1.58. The van der Waals surface area contributed by atoms with Gasteiger partial charge in [0.25, 0.3) is 11.7 Å². The van der Waals surface area contributed by atoms with Crippen molar-refractivity contribution in [2.24, 2.45) is 0 Å². The first kappa shape index (κ1) is 24.5. The number of thiophene rings is 1. The fourth-order valence-corrected chi connectivity index (χ4v) is 5.26. The molecule has 1 aliphatic heterocycles. The maximum atomic E-state index is 13.3. The van der Waals surface area contributed by atoms with Gasteiger partial charge in [-0.3, -0.25) is 14.5 Å². The lowest BCUT2D eigenvalue weighted by Crippen LogP contribution is -2.29. The predicted octanol–water partition coefficient (Wildman–Crippen LogP) is 6.33. The molecule has 2 aromatic carbocycles. The van der Waals surface area contributed by atoms with E-state index in [4.69, 9.17) is 4.74 Å². The average molecular weight is 502 g/mol. The number of anilines is 1. The molecular formula is C26H22F3NO4S. The van der Waals surface area contributed by atoms with Crippen LogP contribution in [0.4, 0.5) is 18.9 Å². The number of methoxy groups -OCH3 is 1. The smallest absolute Gasteiger partial charge is 0.416 e. The second-order valence-electron chi connectivity index (χ2n) is 8.32. The number of aliphatic hydroxyl groups excluding tert-OH is 1. The van der Waals surface area contributed by atoms with Gasteiger partial charge in [0.2, 0.25) is 0 Å². The summed E-state index contributed by atoms with van der Waals surface area (Å²) in [6.07, 6.45) is -4.54. The maximum absolute atomic E-state index is 13.3. The van der Waals surface area contributed by atoms with E-state index in [1.165, 1.54) is 18.4 Å². The second-order valence-corrected chi connectivity index (χ2v) is 9.27. The summed E-state index contributed by atoms with van der Waals surface area (Å²) >= 11 is 1.30. The van der Waals surface area contributed by atoms with Crippen LogP contribution in [0.1, 0.15) is 38.7 Å². The van der Waals surface area contributed by atoms with Gasteiger partial charge in [0.15, 0.2) is 0 Å². The van der Waals surface area contributed by atoms with Gasteiger partial charge in [0, 0.05) is 16.1 Å². The number of benzene rings is 2. The van der Waals surface area contributed by atoms with E-state index in [2.05, 4.69) is 0 Å². The molecule has 1 fully saturated rings. The quantitative estimate of drug-likeness (QED) is 0.258. The third-order valence-corrected chi connectivity index (χ3v) is 7.14. The van der Waals surface area contributed by atoms with Crippen LogP contribution in [0.2, 0.25) is 0 Å². The Kier molecular flexibility index (Phi) is 6.23. The van der Waals surface area contributed by atoms with E-state index in [1.807, 2.05) is 13.0 Å². The lowest BCUT2D eigenvalue weighted by molar-refractivity contribution is -0.137. The SMILES string of the molecule is COc1cc(C)c(/C(O)=C2\C(=O)C(=O)N(c3ccc(C(F)(F)F)cc3)C2c2sccc2C)cc1C. The molecule has 0 radical (unpaired) electrons. The van der Waals surface area contributed by atoms with Gasteiger partial charge in [-0.15, -0.1) is 11.3 Å². The molecule has 9 heteroatoms. The molecule has 1 aromatic heterocycles. The number of nitrogens with zero attached hydrogens (tertiary/aromatic N) is 1. The molecule has 4 rings (SSSR count). The minimum Gasteiger partial charge on any atom is -0.507 e. The minimum atomic E-state index is -4.54. The Morgan fingerprint density at radius 2 is 1.66 bits per heavy atom. The fraction of sp³-hybridized carbons (Fsp3) is 0.231. The summed E-state index contributed by atoms with van der Waals surface area (Å²) < 4.78 is 44.6. The van der Waals surface area contributed by atoms with E-state index in [9.17, 15) is 27.9 Å². The van der Waals surface area contributed by atoms with Crippen molar-refractivity contribution in [1.82, 2.24) is 0 Å². The molecule has 1 amide bonds. The summed E-state index contributed by atoms with van der Waals surface area (Å²) in [6, 6.07) is 8.27. The van der Waals surface area contributed by atoms with Gasteiger partial charge in [-0.25, -0.2) is 0 Å². The predicted molar refractivity (Wildman–Crippen MR) is 128 cm³/mol. The molecule has 3 aromatic rings. The zero-order valence-electron chi connectivity index (χ0n) is 19.4. The Morgan fingerprint density at radius 1 is 1.00 bits per heavy atom. The van der Waals surface area contributed by atoms with Crippen LogP contribution < -0.4 is 9.64 Å². The lowest BCUT2D eigenvalue weighted by Gasteiger charge is -2.25. The number of carbonyl (C=O) groups excluding carboxylic acids is 2. The number of Topliss-reactive ketones (excluding diaryl/α,β-unsaturated/α-hetero) is 1. The van der Waals surface area contributed by atoms with E-state index in [0.29, 0.717) is 21.8 Å². The van der Waals surface area contributed by atoms with Crippen molar-refractivity contribution < 1.29 is 32.6 Å². The zero-order valence-corrected chi connectivity index (χ0v) is 20.2. The van der Waals surface area contributed by atoms with E-state index >= 15 is 0 Å². The van der Waals surface area contributed by atoms with Crippen molar-refractivity contribution in [3.8, 4) is 5.75 Å². The van der Waals surface area contributed by atoms with Gasteiger partial charge >= 0.3 is 6.18 Å². The van der Waals surface area contributed by atoms with Gasteiger partial charge in [-0.2, -0.15) is 13.2 Å². The normalized spacial score (nSPS) is 17.8. The van der Waals surface area contributed by atoms with Crippen LogP contribution in [0.5, 0.6) is 5.75 Å². The van der Waals surface area contributed by atoms with Crippen molar-refractivity contribution in [2.45, 2.75) is 33.0 Å². The number of carbonyl (C=O) groups is 2. The molecule has 0 spiro atoms. The molecule has 0 bridgehead atoms. The second kappa shape index (κ2) is 8.88. The van der Waals surface area contributed by atoms with Gasteiger partial charge in [-0.05, 0) is 85.3 Å². The van der Waals surface area contributed by atoms with Crippen LogP contribution >= 0.6 is 11.3 Å². The maximum Gasteiger partial charge on any atom is 0.416 e. The lowest BCUT2D eigenvalue weighted by atomic mass is 9.95. The minimum absolute atomic E-state index is 0.117. The first-order chi connectivity index (χ1) is 16.5. The first-order valence-electron chi connectivity index (χ1n) is 10.6. The topological polar surface area (TPSA) is 66.8 Å². The largest absolute Gasteiger partial charge is 0.507 e. The summed E-state index contributed by atoms with van der Waals surface area (Å²) in [5, 5.41) is 13.1. The number of alkyl halides is 3. The van der Waals surface area contributed by atoms with E-state index in [1.54, 1.807) is 31.4 Å². The zero-order chi connectivity index (χ0) is 25.7. The van der Waals surface area contributed by atoms with Gasteiger partial charge in [-0.1, -0.05) is 0 Å². The number of hydrogen-bond acceptors (Lipinski definition) is 5. The molecule has 1 saturated heterocycles. The molecule has 1 aliphatic rings. The molecule has 0 saturated carbocycles. The number of ketones is 1. The van der Waals surface area contributed by atoms with Crippen LogP contribution in [-0.2, 0) is 15.8 Å². The Balaban J connectivity index is 1.93. The highest BCUT2D eigenvalue weighted by Gasteiger charge is 2.48. The summed E-state index contributed by atoms with van der Waals surface area (Å²) in [5.41, 5.74) is 1.65. The number of ether oxygens (including phenoxy) is 1. The van der Waals surface area contributed by atoms with Crippen LogP contribution in [-0.4, -0.2) is 23.9 Å². The van der Waals surface area contributed by atoms with Crippen molar-refractivity contribution in [3.05, 3.63) is 86.1 Å². The van der Waals surface area contributed by atoms with Crippen molar-refractivity contribution in [2.75, 3.05) is 12.0 Å². The van der Waals surface area contributed by atoms with Crippen LogP contribution in [0.25, 0.3) is 5.76 Å². The fourth-order valence-electron chi connectivity index (χ4n) is 4.23. The Labute approximate surface area is 204 Å². The third kappa shape index (κ3) is 4.20. The number of halogens is 3. The molecule has 5 nitrogen and oxygen atoms in total. The molecule has 2 heterocycles.